The van der Waals surface area contributed by atoms with Crippen LogP contribution in [0.15, 0.2) is 18.2 Å². The standard InChI is InChI=1S/C11H9BrO2/c12-6-2-1-3-9-4-5-11(14)10(7-9)8-13/h4-5,7-8,14H,2,6H2. The maximum Gasteiger partial charge on any atom is 0.153 e. The van der Waals surface area contributed by atoms with Crippen LogP contribution in [0.5, 0.6) is 5.75 Å². The molecule has 0 unspecified atom stereocenters. The minimum absolute atomic E-state index is 0.00829. The molecule has 0 heterocycles. The molecule has 0 aliphatic rings. The van der Waals surface area contributed by atoms with Crippen LogP contribution in [0.25, 0.3) is 0 Å². The second-order valence-electron chi connectivity index (χ2n) is 2.63. The van der Waals surface area contributed by atoms with Gasteiger partial charge in [-0.1, -0.05) is 27.8 Å². The molecule has 0 saturated carbocycles. The lowest BCUT2D eigenvalue weighted by atomic mass is 10.1. The first-order chi connectivity index (χ1) is 6.77. The smallest absolute Gasteiger partial charge is 0.153 e. The van der Waals surface area contributed by atoms with Gasteiger partial charge in [0, 0.05) is 17.3 Å². The van der Waals surface area contributed by atoms with Gasteiger partial charge in [-0.25, -0.2) is 0 Å². The summed E-state index contributed by atoms with van der Waals surface area (Å²) in [6.45, 7) is 0. The largest absolute Gasteiger partial charge is 0.507 e. The highest BCUT2D eigenvalue weighted by Gasteiger charge is 1.98. The summed E-state index contributed by atoms with van der Waals surface area (Å²) in [5.41, 5.74) is 1.02. The van der Waals surface area contributed by atoms with Crippen LogP contribution in [0.1, 0.15) is 22.3 Å². The van der Waals surface area contributed by atoms with Crippen molar-refractivity contribution in [3.63, 3.8) is 0 Å². The van der Waals surface area contributed by atoms with E-state index in [-0.39, 0.29) is 11.3 Å². The predicted octanol–water partition coefficient (Wildman–Crippen LogP) is 2.34. The minimum atomic E-state index is -0.00829. The Morgan fingerprint density at radius 3 is 2.93 bits per heavy atom. The molecule has 0 aliphatic carbocycles. The first-order valence-electron chi connectivity index (χ1n) is 4.11. The third-order valence-electron chi connectivity index (χ3n) is 1.61. The van der Waals surface area contributed by atoms with Gasteiger partial charge in [-0.15, -0.1) is 0 Å². The van der Waals surface area contributed by atoms with Crippen LogP contribution >= 0.6 is 15.9 Å². The normalized spacial score (nSPS) is 8.93. The molecular weight excluding hydrogens is 244 g/mol. The number of halogens is 1. The fourth-order valence-corrected chi connectivity index (χ4v) is 1.14. The lowest BCUT2D eigenvalue weighted by Gasteiger charge is -1.96. The summed E-state index contributed by atoms with van der Waals surface area (Å²) in [6.07, 6.45) is 1.38. The Morgan fingerprint density at radius 2 is 2.29 bits per heavy atom. The number of phenolic OH excluding ortho intramolecular Hbond substituents is 1. The number of hydrogen-bond acceptors (Lipinski definition) is 2. The van der Waals surface area contributed by atoms with Gasteiger partial charge in [-0.2, -0.15) is 0 Å². The van der Waals surface area contributed by atoms with Crippen molar-refractivity contribution >= 4 is 22.2 Å². The zero-order valence-electron chi connectivity index (χ0n) is 7.46. The van der Waals surface area contributed by atoms with Crippen LogP contribution in [0, 0.1) is 11.8 Å². The van der Waals surface area contributed by atoms with E-state index >= 15 is 0 Å². The molecule has 0 bridgehead atoms. The molecule has 14 heavy (non-hydrogen) atoms. The molecule has 0 aliphatic heterocycles. The lowest BCUT2D eigenvalue weighted by Crippen LogP contribution is -1.83. The molecule has 0 aromatic heterocycles. The third kappa shape index (κ3) is 2.90. The quantitative estimate of drug-likeness (QED) is 0.499. The highest BCUT2D eigenvalue weighted by atomic mass is 79.9. The zero-order valence-corrected chi connectivity index (χ0v) is 9.04. The minimum Gasteiger partial charge on any atom is -0.507 e. The molecule has 0 saturated heterocycles. The summed E-state index contributed by atoms with van der Waals surface area (Å²) in [4.78, 5) is 10.5. The van der Waals surface area contributed by atoms with Gasteiger partial charge in [-0.3, -0.25) is 4.79 Å². The summed E-state index contributed by atoms with van der Waals surface area (Å²) in [6, 6.07) is 4.73. The van der Waals surface area contributed by atoms with E-state index in [1.165, 1.54) is 6.07 Å². The average molecular weight is 253 g/mol. The first-order valence-corrected chi connectivity index (χ1v) is 5.23. The Hall–Kier alpha value is -1.27. The van der Waals surface area contributed by atoms with E-state index in [1.54, 1.807) is 12.1 Å². The van der Waals surface area contributed by atoms with E-state index in [9.17, 15) is 9.90 Å². The van der Waals surface area contributed by atoms with Gasteiger partial charge in [0.05, 0.1) is 5.56 Å². The van der Waals surface area contributed by atoms with E-state index in [0.29, 0.717) is 6.29 Å². The van der Waals surface area contributed by atoms with Crippen LogP contribution < -0.4 is 0 Å². The van der Waals surface area contributed by atoms with Gasteiger partial charge >= 0.3 is 0 Å². The second kappa shape index (κ2) is 5.46. The van der Waals surface area contributed by atoms with Gasteiger partial charge in [0.25, 0.3) is 0 Å². The Labute approximate surface area is 91.1 Å². The highest BCUT2D eigenvalue weighted by Crippen LogP contribution is 2.15. The van der Waals surface area contributed by atoms with E-state index in [1.807, 2.05) is 0 Å². The Bertz CT molecular complexity index is 388. The van der Waals surface area contributed by atoms with E-state index in [0.717, 1.165) is 17.3 Å². The van der Waals surface area contributed by atoms with Gasteiger partial charge in [0.15, 0.2) is 6.29 Å². The fourth-order valence-electron chi connectivity index (χ4n) is 0.938. The third-order valence-corrected chi connectivity index (χ3v) is 2.00. The second-order valence-corrected chi connectivity index (χ2v) is 3.43. The number of hydrogen-bond donors (Lipinski definition) is 1. The van der Waals surface area contributed by atoms with Crippen molar-refractivity contribution in [3.05, 3.63) is 29.3 Å². The molecule has 3 heteroatoms. The monoisotopic (exact) mass is 252 g/mol. The number of aromatic hydroxyl groups is 1. The fraction of sp³-hybridized carbons (Fsp3) is 0.182. The number of carbonyl (C=O) groups is 1. The molecule has 0 atom stereocenters. The van der Waals surface area contributed by atoms with Crippen LogP contribution in [0.2, 0.25) is 0 Å². The topological polar surface area (TPSA) is 37.3 Å². The molecule has 1 aromatic carbocycles. The van der Waals surface area contributed by atoms with Crippen molar-refractivity contribution in [3.8, 4) is 17.6 Å². The molecule has 1 N–H and O–H groups in total. The summed E-state index contributed by atoms with van der Waals surface area (Å²) in [5.74, 6) is 5.82. The summed E-state index contributed by atoms with van der Waals surface area (Å²) < 4.78 is 0. The van der Waals surface area contributed by atoms with Gasteiger partial charge in [0.2, 0.25) is 0 Å². The maximum atomic E-state index is 10.5. The lowest BCUT2D eigenvalue weighted by molar-refractivity contribution is 0.112. The Morgan fingerprint density at radius 1 is 1.50 bits per heavy atom. The molecule has 2 nitrogen and oxygen atoms in total. The van der Waals surface area contributed by atoms with Crippen molar-refractivity contribution in [2.75, 3.05) is 5.33 Å². The number of alkyl halides is 1. The van der Waals surface area contributed by atoms with Crippen molar-refractivity contribution in [1.82, 2.24) is 0 Å². The van der Waals surface area contributed by atoms with Crippen LogP contribution in [-0.2, 0) is 0 Å². The molecule has 0 fully saturated rings. The SMILES string of the molecule is O=Cc1cc(C#CCCBr)ccc1O. The summed E-state index contributed by atoms with van der Waals surface area (Å²) in [5, 5.41) is 10.1. The van der Waals surface area contributed by atoms with Gasteiger partial charge in [-0.05, 0) is 18.2 Å². The molecule has 1 aromatic rings. The first kappa shape index (κ1) is 10.8. The average Bonchev–Trinajstić information content (AvgIpc) is 2.21. The van der Waals surface area contributed by atoms with E-state index in [2.05, 4.69) is 27.8 Å². The Kier molecular flexibility index (Phi) is 4.21. The van der Waals surface area contributed by atoms with E-state index in [4.69, 9.17) is 0 Å². The maximum absolute atomic E-state index is 10.5. The zero-order chi connectivity index (χ0) is 10.4. The summed E-state index contributed by atoms with van der Waals surface area (Å²) in [7, 11) is 0. The number of phenols is 1. The molecule has 1 rings (SSSR count). The number of aldehydes is 1. The van der Waals surface area contributed by atoms with E-state index < -0.39 is 0 Å². The number of rotatable bonds is 2. The van der Waals surface area contributed by atoms with Crippen LogP contribution in [-0.4, -0.2) is 16.7 Å². The van der Waals surface area contributed by atoms with Crippen molar-refractivity contribution in [2.45, 2.75) is 6.42 Å². The van der Waals surface area contributed by atoms with Gasteiger partial charge in [0.1, 0.15) is 5.75 Å². The molecular formula is C11H9BrO2. The van der Waals surface area contributed by atoms with Crippen LogP contribution in [0.4, 0.5) is 0 Å². The van der Waals surface area contributed by atoms with Gasteiger partial charge < -0.3 is 5.11 Å². The summed E-state index contributed by atoms with van der Waals surface area (Å²) >= 11 is 3.26. The van der Waals surface area contributed by atoms with Crippen molar-refractivity contribution in [1.29, 1.82) is 0 Å². The van der Waals surface area contributed by atoms with Crippen molar-refractivity contribution < 1.29 is 9.90 Å². The highest BCUT2D eigenvalue weighted by molar-refractivity contribution is 9.09. The molecule has 72 valence electrons. The Balaban J connectivity index is 2.91. The van der Waals surface area contributed by atoms with Crippen LogP contribution in [0.3, 0.4) is 0 Å². The molecule has 0 amide bonds. The molecule has 0 spiro atoms. The van der Waals surface area contributed by atoms with Crippen molar-refractivity contribution in [2.24, 2.45) is 0 Å². The molecule has 0 radical (unpaired) electrons. The number of benzene rings is 1. The predicted molar refractivity (Wildman–Crippen MR) is 58.8 cm³/mol. The number of carbonyl (C=O) groups excluding carboxylic acids is 1.